The third kappa shape index (κ3) is 4.76. The highest BCUT2D eigenvalue weighted by Gasteiger charge is 2.23. The number of benzene rings is 2. The molecule has 28 heavy (non-hydrogen) atoms. The normalized spacial score (nSPS) is 11.7. The number of rotatable bonds is 8. The average Bonchev–Trinajstić information content (AvgIpc) is 3.15. The summed E-state index contributed by atoms with van der Waals surface area (Å²) in [5.74, 6) is 1.50. The Labute approximate surface area is 165 Å². The molecule has 0 unspecified atom stereocenters. The number of hydrogen-bond acceptors (Lipinski definition) is 6. The summed E-state index contributed by atoms with van der Waals surface area (Å²) >= 11 is 0. The van der Waals surface area contributed by atoms with Crippen molar-refractivity contribution in [2.75, 3.05) is 13.6 Å². The molecule has 3 rings (SSSR count). The molecule has 0 spiro atoms. The van der Waals surface area contributed by atoms with Crippen molar-refractivity contribution in [3.05, 3.63) is 71.4 Å². The lowest BCUT2D eigenvalue weighted by Gasteiger charge is -2.18. The molecular formula is C20H23N3O4S. The second kappa shape index (κ2) is 8.53. The molecule has 0 atom stereocenters. The van der Waals surface area contributed by atoms with Gasteiger partial charge in [-0.15, -0.1) is 0 Å². The van der Waals surface area contributed by atoms with Crippen molar-refractivity contribution in [1.82, 2.24) is 14.4 Å². The highest BCUT2D eigenvalue weighted by atomic mass is 32.2. The van der Waals surface area contributed by atoms with Gasteiger partial charge >= 0.3 is 0 Å². The molecular weight excluding hydrogens is 378 g/mol. The number of aromatic nitrogens is 2. The Bertz CT molecular complexity index is 1030. The topological polar surface area (TPSA) is 85.5 Å². The van der Waals surface area contributed by atoms with Gasteiger partial charge in [0.25, 0.3) is 5.89 Å². The first-order valence-corrected chi connectivity index (χ1v) is 10.3. The van der Waals surface area contributed by atoms with Gasteiger partial charge in [-0.25, -0.2) is 12.7 Å². The van der Waals surface area contributed by atoms with Gasteiger partial charge in [0.05, 0.1) is 4.90 Å². The summed E-state index contributed by atoms with van der Waals surface area (Å²) in [6, 6.07) is 14.7. The molecule has 7 nitrogen and oxygen atoms in total. The van der Waals surface area contributed by atoms with Crippen LogP contribution >= 0.6 is 0 Å². The lowest BCUT2D eigenvalue weighted by molar-refractivity contribution is 0.242. The highest BCUT2D eigenvalue weighted by Crippen LogP contribution is 2.20. The summed E-state index contributed by atoms with van der Waals surface area (Å²) in [4.78, 5) is 4.58. The fourth-order valence-corrected chi connectivity index (χ4v) is 4.12. The first-order valence-electron chi connectivity index (χ1n) is 8.89. The van der Waals surface area contributed by atoms with Crippen LogP contribution in [0.25, 0.3) is 0 Å². The summed E-state index contributed by atoms with van der Waals surface area (Å²) in [6.07, 6.45) is 0.343. The molecule has 0 bridgehead atoms. The Balaban J connectivity index is 1.59. The number of nitrogens with zero attached hydrogens (tertiary/aromatic N) is 3. The number of ether oxygens (including phenoxy) is 1. The van der Waals surface area contributed by atoms with E-state index in [4.69, 9.17) is 9.26 Å². The van der Waals surface area contributed by atoms with Crippen LogP contribution in [0.4, 0.5) is 0 Å². The minimum atomic E-state index is -3.58. The SMILES string of the molecule is Cc1ccc(C)c(S(=O)(=O)N(C)CCc2noc(COc3ccccc3)n2)c1. The third-order valence-corrected chi connectivity index (χ3v) is 6.30. The van der Waals surface area contributed by atoms with Crippen LogP contribution in [-0.2, 0) is 23.1 Å². The maximum atomic E-state index is 12.8. The molecule has 0 aliphatic heterocycles. The summed E-state index contributed by atoms with van der Waals surface area (Å²) in [7, 11) is -2.03. The molecule has 0 radical (unpaired) electrons. The quantitative estimate of drug-likeness (QED) is 0.576. The second-order valence-corrected chi connectivity index (χ2v) is 8.56. The predicted octanol–water partition coefficient (Wildman–Crippen LogP) is 3.13. The molecule has 0 saturated heterocycles. The first kappa shape index (κ1) is 20.0. The zero-order chi connectivity index (χ0) is 20.1. The Kier molecular flexibility index (Phi) is 6.11. The van der Waals surface area contributed by atoms with E-state index in [0.717, 1.165) is 11.1 Å². The molecule has 3 aromatic rings. The summed E-state index contributed by atoms with van der Waals surface area (Å²) in [5.41, 5.74) is 1.62. The molecule has 0 aliphatic carbocycles. The van der Waals surface area contributed by atoms with Gasteiger partial charge in [-0.05, 0) is 43.2 Å². The number of likely N-dealkylation sites (N-methyl/N-ethyl adjacent to an activating group) is 1. The van der Waals surface area contributed by atoms with Gasteiger partial charge in [0, 0.05) is 20.0 Å². The fraction of sp³-hybridized carbons (Fsp3) is 0.300. The smallest absolute Gasteiger partial charge is 0.264 e. The van der Waals surface area contributed by atoms with Gasteiger partial charge in [0.2, 0.25) is 10.0 Å². The number of aryl methyl sites for hydroxylation is 2. The zero-order valence-corrected chi connectivity index (χ0v) is 16.9. The summed E-state index contributed by atoms with van der Waals surface area (Å²) in [6.45, 7) is 4.07. The molecule has 1 heterocycles. The van der Waals surface area contributed by atoms with Gasteiger partial charge < -0.3 is 9.26 Å². The molecule has 0 saturated carbocycles. The van der Waals surface area contributed by atoms with E-state index in [1.807, 2.05) is 49.4 Å². The number of sulfonamides is 1. The van der Waals surface area contributed by atoms with Crippen LogP contribution in [0.3, 0.4) is 0 Å². The lowest BCUT2D eigenvalue weighted by Crippen LogP contribution is -2.29. The Morgan fingerprint density at radius 2 is 1.86 bits per heavy atom. The van der Waals surface area contributed by atoms with E-state index in [1.165, 1.54) is 4.31 Å². The van der Waals surface area contributed by atoms with Crippen LogP contribution in [0, 0.1) is 13.8 Å². The van der Waals surface area contributed by atoms with Gasteiger partial charge in [-0.1, -0.05) is 35.5 Å². The Hall–Kier alpha value is -2.71. The average molecular weight is 401 g/mol. The minimum absolute atomic E-state index is 0.160. The molecule has 8 heteroatoms. The summed E-state index contributed by atoms with van der Waals surface area (Å²) in [5, 5.41) is 3.90. The van der Waals surface area contributed by atoms with E-state index in [-0.39, 0.29) is 13.2 Å². The molecule has 0 fully saturated rings. The van der Waals surface area contributed by atoms with E-state index in [9.17, 15) is 8.42 Å². The number of para-hydroxylation sites is 1. The van der Waals surface area contributed by atoms with Crippen molar-refractivity contribution in [3.63, 3.8) is 0 Å². The minimum Gasteiger partial charge on any atom is -0.484 e. The van der Waals surface area contributed by atoms with Gasteiger partial charge in [-0.2, -0.15) is 4.98 Å². The molecule has 2 aromatic carbocycles. The fourth-order valence-electron chi connectivity index (χ4n) is 2.64. The third-order valence-electron chi connectivity index (χ3n) is 4.30. The van der Waals surface area contributed by atoms with Gasteiger partial charge in [0.1, 0.15) is 5.75 Å². The summed E-state index contributed by atoms with van der Waals surface area (Å²) < 4.78 is 37.7. The second-order valence-electron chi connectivity index (χ2n) is 6.55. The van der Waals surface area contributed by atoms with E-state index < -0.39 is 10.0 Å². The zero-order valence-electron chi connectivity index (χ0n) is 16.1. The van der Waals surface area contributed by atoms with E-state index in [2.05, 4.69) is 10.1 Å². The lowest BCUT2D eigenvalue weighted by atomic mass is 10.2. The monoisotopic (exact) mass is 401 g/mol. The number of hydrogen-bond donors (Lipinski definition) is 0. The van der Waals surface area contributed by atoms with E-state index in [1.54, 1.807) is 20.0 Å². The molecule has 148 valence electrons. The Morgan fingerprint density at radius 3 is 2.61 bits per heavy atom. The molecule has 0 aliphatic rings. The van der Waals surface area contributed by atoms with Crippen LogP contribution in [0.2, 0.25) is 0 Å². The maximum absolute atomic E-state index is 12.8. The van der Waals surface area contributed by atoms with Crippen LogP contribution in [0.15, 0.2) is 57.9 Å². The van der Waals surface area contributed by atoms with Gasteiger partial charge in [0.15, 0.2) is 12.4 Å². The van der Waals surface area contributed by atoms with Crippen LogP contribution in [0.1, 0.15) is 22.8 Å². The van der Waals surface area contributed by atoms with Crippen molar-refractivity contribution in [3.8, 4) is 5.75 Å². The van der Waals surface area contributed by atoms with Gasteiger partial charge in [-0.3, -0.25) is 0 Å². The van der Waals surface area contributed by atoms with Crippen molar-refractivity contribution < 1.29 is 17.7 Å². The highest BCUT2D eigenvalue weighted by molar-refractivity contribution is 7.89. The molecule has 0 N–H and O–H groups in total. The van der Waals surface area contributed by atoms with Crippen LogP contribution in [-0.4, -0.2) is 36.5 Å². The predicted molar refractivity (Wildman–Crippen MR) is 105 cm³/mol. The largest absolute Gasteiger partial charge is 0.484 e. The molecule has 1 aromatic heterocycles. The molecule has 0 amide bonds. The van der Waals surface area contributed by atoms with E-state index >= 15 is 0 Å². The van der Waals surface area contributed by atoms with Crippen LogP contribution < -0.4 is 4.74 Å². The van der Waals surface area contributed by atoms with Crippen molar-refractivity contribution in [2.24, 2.45) is 0 Å². The van der Waals surface area contributed by atoms with E-state index in [0.29, 0.717) is 28.8 Å². The van der Waals surface area contributed by atoms with Crippen LogP contribution in [0.5, 0.6) is 5.75 Å². The first-order chi connectivity index (χ1) is 13.4. The van der Waals surface area contributed by atoms with Crippen molar-refractivity contribution in [2.45, 2.75) is 31.8 Å². The standard InChI is InChI=1S/C20H23N3O4S/c1-15-9-10-16(2)18(13-15)28(24,25)23(3)12-11-19-21-20(27-22-19)14-26-17-7-5-4-6-8-17/h4-10,13H,11-12,14H2,1-3H3. The Morgan fingerprint density at radius 1 is 1.11 bits per heavy atom. The van der Waals surface area contributed by atoms with Crippen molar-refractivity contribution in [1.29, 1.82) is 0 Å². The maximum Gasteiger partial charge on any atom is 0.264 e. The van der Waals surface area contributed by atoms with Crippen molar-refractivity contribution >= 4 is 10.0 Å².